The second kappa shape index (κ2) is 4.83. The van der Waals surface area contributed by atoms with Gasteiger partial charge in [-0.2, -0.15) is 0 Å². The van der Waals surface area contributed by atoms with Gasteiger partial charge in [0.1, 0.15) is 11.0 Å². The summed E-state index contributed by atoms with van der Waals surface area (Å²) in [5.41, 5.74) is 2.63. The molecule has 0 N–H and O–H groups in total. The Kier molecular flexibility index (Phi) is 3.47. The van der Waals surface area contributed by atoms with Crippen molar-refractivity contribution >= 4 is 29.3 Å². The quantitative estimate of drug-likeness (QED) is 0.780. The van der Waals surface area contributed by atoms with Crippen molar-refractivity contribution in [3.8, 4) is 0 Å². The van der Waals surface area contributed by atoms with E-state index in [0.717, 1.165) is 24.1 Å². The van der Waals surface area contributed by atoms with E-state index >= 15 is 0 Å². The average Bonchev–Trinajstić information content (AvgIpc) is 2.88. The zero-order chi connectivity index (χ0) is 15.4. The molecular formula is C15H22BNO3S. The van der Waals surface area contributed by atoms with Gasteiger partial charge in [-0.1, -0.05) is 12.1 Å². The summed E-state index contributed by atoms with van der Waals surface area (Å²) in [6.07, 6.45) is 2.60. The smallest absolute Gasteiger partial charge is 0.399 e. The van der Waals surface area contributed by atoms with Crippen LogP contribution in [0.5, 0.6) is 0 Å². The van der Waals surface area contributed by atoms with Crippen molar-refractivity contribution in [1.29, 1.82) is 0 Å². The van der Waals surface area contributed by atoms with Gasteiger partial charge in [-0.05, 0) is 51.2 Å². The summed E-state index contributed by atoms with van der Waals surface area (Å²) in [4.78, 5) is 0. The van der Waals surface area contributed by atoms with Gasteiger partial charge >= 0.3 is 7.12 Å². The molecule has 114 valence electrons. The lowest BCUT2D eigenvalue weighted by atomic mass is 9.75. The third-order valence-corrected chi connectivity index (χ3v) is 5.84. The summed E-state index contributed by atoms with van der Waals surface area (Å²) in [6, 6.07) is 6.08. The third kappa shape index (κ3) is 2.33. The molecule has 1 aromatic rings. The number of benzene rings is 1. The van der Waals surface area contributed by atoms with Gasteiger partial charge in [0.15, 0.2) is 0 Å². The molecule has 0 amide bonds. The molecule has 3 rings (SSSR count). The van der Waals surface area contributed by atoms with E-state index in [-0.39, 0.29) is 18.3 Å². The van der Waals surface area contributed by atoms with Crippen molar-refractivity contribution in [1.82, 2.24) is 0 Å². The Morgan fingerprint density at radius 3 is 2.38 bits per heavy atom. The van der Waals surface area contributed by atoms with Crippen molar-refractivity contribution in [2.75, 3.05) is 17.1 Å². The molecular weight excluding hydrogens is 285 g/mol. The van der Waals surface area contributed by atoms with Crippen molar-refractivity contribution < 1.29 is 13.5 Å². The molecule has 0 spiro atoms. The molecule has 6 heteroatoms. The van der Waals surface area contributed by atoms with Crippen molar-refractivity contribution in [3.05, 3.63) is 23.8 Å². The first-order valence-corrected chi connectivity index (χ1v) is 8.83. The van der Waals surface area contributed by atoms with Crippen LogP contribution >= 0.6 is 0 Å². The molecule has 21 heavy (non-hydrogen) atoms. The first-order valence-electron chi connectivity index (χ1n) is 7.31. The number of anilines is 1. The van der Waals surface area contributed by atoms with Crippen LogP contribution in [0.15, 0.2) is 18.2 Å². The van der Waals surface area contributed by atoms with E-state index < -0.39 is 11.0 Å². The summed E-state index contributed by atoms with van der Waals surface area (Å²) in [5, 5.41) is 0. The lowest BCUT2D eigenvalue weighted by Crippen LogP contribution is -2.41. The van der Waals surface area contributed by atoms with E-state index in [2.05, 4.69) is 33.8 Å². The minimum atomic E-state index is -0.991. The lowest BCUT2D eigenvalue weighted by molar-refractivity contribution is 0.00578. The van der Waals surface area contributed by atoms with Crippen LogP contribution in [-0.4, -0.2) is 35.3 Å². The first kappa shape index (κ1) is 15.1. The summed E-state index contributed by atoms with van der Waals surface area (Å²) >= 11 is 0. The van der Waals surface area contributed by atoms with Gasteiger partial charge in [-0.25, -0.2) is 4.21 Å². The van der Waals surface area contributed by atoms with Gasteiger partial charge in [-0.3, -0.25) is 4.31 Å². The van der Waals surface area contributed by atoms with Crippen LogP contribution in [0.3, 0.4) is 0 Å². The highest BCUT2D eigenvalue weighted by molar-refractivity contribution is 7.85. The second-order valence-electron chi connectivity index (χ2n) is 6.71. The largest absolute Gasteiger partial charge is 0.495 e. The average molecular weight is 307 g/mol. The predicted molar refractivity (Wildman–Crippen MR) is 87.3 cm³/mol. The highest BCUT2D eigenvalue weighted by Crippen LogP contribution is 2.38. The zero-order valence-electron chi connectivity index (χ0n) is 13.3. The number of nitrogens with zero attached hydrogens (tertiary/aromatic N) is 1. The number of fused-ring (bicyclic) bond motifs is 1. The predicted octanol–water partition coefficient (Wildman–Crippen LogP) is 1.64. The van der Waals surface area contributed by atoms with E-state index in [1.54, 1.807) is 6.26 Å². The number of hydrogen-bond donors (Lipinski definition) is 0. The maximum atomic E-state index is 11.8. The van der Waals surface area contributed by atoms with Crippen molar-refractivity contribution in [2.24, 2.45) is 0 Å². The van der Waals surface area contributed by atoms with E-state index in [1.807, 2.05) is 16.4 Å². The molecule has 2 aliphatic rings. The Bertz CT molecular complexity index is 587. The van der Waals surface area contributed by atoms with Crippen molar-refractivity contribution in [3.63, 3.8) is 0 Å². The Labute approximate surface area is 129 Å². The summed E-state index contributed by atoms with van der Waals surface area (Å²) in [6.45, 7) is 9.02. The van der Waals surface area contributed by atoms with Crippen LogP contribution in [0.1, 0.15) is 33.3 Å². The molecule has 4 nitrogen and oxygen atoms in total. The summed E-state index contributed by atoms with van der Waals surface area (Å²) in [7, 11) is -1.34. The summed E-state index contributed by atoms with van der Waals surface area (Å²) < 4.78 is 26.1. The molecule has 1 fully saturated rings. The molecule has 0 bridgehead atoms. The van der Waals surface area contributed by atoms with Gasteiger partial charge < -0.3 is 9.31 Å². The van der Waals surface area contributed by atoms with Gasteiger partial charge in [-0.15, -0.1) is 0 Å². The normalized spacial score (nSPS) is 24.2. The molecule has 0 aromatic heterocycles. The van der Waals surface area contributed by atoms with E-state index in [1.165, 1.54) is 5.56 Å². The minimum absolute atomic E-state index is 0.341. The fourth-order valence-corrected chi connectivity index (χ4v) is 3.69. The Morgan fingerprint density at radius 1 is 1.19 bits per heavy atom. The number of rotatable bonds is 2. The fraction of sp³-hybridized carbons (Fsp3) is 0.600. The van der Waals surface area contributed by atoms with Crippen LogP contribution in [0.4, 0.5) is 5.69 Å². The molecule has 1 aromatic carbocycles. The molecule has 1 atom stereocenters. The highest BCUT2D eigenvalue weighted by atomic mass is 32.2. The fourth-order valence-electron chi connectivity index (χ4n) is 2.89. The van der Waals surface area contributed by atoms with Gasteiger partial charge in [0, 0.05) is 12.8 Å². The topological polar surface area (TPSA) is 38.8 Å². The minimum Gasteiger partial charge on any atom is -0.399 e. The number of hydrogen-bond acceptors (Lipinski definition) is 3. The van der Waals surface area contributed by atoms with Crippen LogP contribution < -0.4 is 9.77 Å². The van der Waals surface area contributed by atoms with Crippen LogP contribution in [0.2, 0.25) is 0 Å². The second-order valence-corrected chi connectivity index (χ2v) is 8.00. The third-order valence-electron chi connectivity index (χ3n) is 4.84. The molecule has 2 heterocycles. The Morgan fingerprint density at radius 2 is 1.81 bits per heavy atom. The van der Waals surface area contributed by atoms with Gasteiger partial charge in [0.25, 0.3) is 0 Å². The standard InChI is InChI=1S/C15H22BNO3S/c1-14(2)15(3,4)20-16(19-14)12-7-6-8-13-11(12)9-10-17(13)21(5)18/h6-8H,9-10H2,1-5H3. The molecule has 0 aliphatic carbocycles. The first-order chi connectivity index (χ1) is 9.73. The maximum Gasteiger partial charge on any atom is 0.495 e. The van der Waals surface area contributed by atoms with Crippen LogP contribution in [-0.2, 0) is 26.7 Å². The molecule has 0 saturated carbocycles. The van der Waals surface area contributed by atoms with Crippen molar-refractivity contribution in [2.45, 2.75) is 45.3 Å². The van der Waals surface area contributed by atoms with Gasteiger partial charge in [0.05, 0.1) is 16.9 Å². The van der Waals surface area contributed by atoms with Crippen LogP contribution in [0.25, 0.3) is 0 Å². The Balaban J connectivity index is 1.98. The molecule has 1 unspecified atom stereocenters. The zero-order valence-corrected chi connectivity index (χ0v) is 14.1. The monoisotopic (exact) mass is 307 g/mol. The van der Waals surface area contributed by atoms with E-state index in [9.17, 15) is 4.21 Å². The lowest BCUT2D eigenvalue weighted by Gasteiger charge is -2.32. The van der Waals surface area contributed by atoms with E-state index in [0.29, 0.717) is 0 Å². The highest BCUT2D eigenvalue weighted by Gasteiger charge is 2.52. The molecule has 1 saturated heterocycles. The molecule has 0 radical (unpaired) electrons. The maximum absolute atomic E-state index is 11.8. The van der Waals surface area contributed by atoms with Gasteiger partial charge in [0.2, 0.25) is 0 Å². The Hall–Kier alpha value is -0.845. The summed E-state index contributed by atoms with van der Waals surface area (Å²) in [5.74, 6) is 0. The van der Waals surface area contributed by atoms with E-state index in [4.69, 9.17) is 9.31 Å². The van der Waals surface area contributed by atoms with Crippen LogP contribution in [0, 0.1) is 0 Å². The molecule has 2 aliphatic heterocycles. The SMILES string of the molecule is CS(=O)N1CCc2c(B3OC(C)(C)C(C)(C)O3)cccc21.